The lowest BCUT2D eigenvalue weighted by Gasteiger charge is -2.21. The Hall–Kier alpha value is -0.570. The van der Waals surface area contributed by atoms with Gasteiger partial charge in [0.05, 0.1) is 12.5 Å². The van der Waals surface area contributed by atoms with Gasteiger partial charge in [-0.25, -0.2) is 0 Å². The molecule has 0 spiro atoms. The molecule has 0 unspecified atom stereocenters. The molecule has 0 aliphatic heterocycles. The Labute approximate surface area is 80.1 Å². The summed E-state index contributed by atoms with van der Waals surface area (Å²) in [7, 11) is 0. The van der Waals surface area contributed by atoms with Gasteiger partial charge in [0.2, 0.25) is 0 Å². The third-order valence-electron chi connectivity index (χ3n) is 1.57. The van der Waals surface area contributed by atoms with Crippen molar-refractivity contribution in [3.05, 3.63) is 0 Å². The smallest absolute Gasteiger partial charge is 0.308 e. The number of hydrogen-bond acceptors (Lipinski definition) is 3. The number of carbonyl (C=O) groups is 1. The topological polar surface area (TPSA) is 46.5 Å². The van der Waals surface area contributed by atoms with Crippen molar-refractivity contribution in [3.63, 3.8) is 0 Å². The van der Waals surface area contributed by atoms with E-state index in [2.05, 4.69) is 0 Å². The molecule has 0 aromatic heterocycles. The standard InChI is InChI=1S/C10H20O3/c1-7(2)8(11)6-9(12)13-10(3,4)5/h7-8,11H,6H2,1-5H3/t8-/m0/s1. The summed E-state index contributed by atoms with van der Waals surface area (Å²) in [6.45, 7) is 9.18. The second-order valence-corrected chi connectivity index (χ2v) is 4.60. The summed E-state index contributed by atoms with van der Waals surface area (Å²) in [5.41, 5.74) is -0.465. The molecule has 0 amide bonds. The second-order valence-electron chi connectivity index (χ2n) is 4.60. The predicted molar refractivity (Wildman–Crippen MR) is 51.3 cm³/mol. The number of hydrogen-bond donors (Lipinski definition) is 1. The lowest BCUT2D eigenvalue weighted by atomic mass is 10.0. The van der Waals surface area contributed by atoms with Gasteiger partial charge in [0.1, 0.15) is 5.60 Å². The molecule has 1 N–H and O–H groups in total. The van der Waals surface area contributed by atoms with Gasteiger partial charge in [-0.3, -0.25) is 4.79 Å². The summed E-state index contributed by atoms with van der Waals surface area (Å²) < 4.78 is 5.06. The fourth-order valence-corrected chi connectivity index (χ4v) is 0.790. The number of aliphatic hydroxyl groups excluding tert-OH is 1. The van der Waals surface area contributed by atoms with E-state index in [1.165, 1.54) is 0 Å². The summed E-state index contributed by atoms with van der Waals surface area (Å²) in [4.78, 5) is 11.2. The van der Waals surface area contributed by atoms with Crippen molar-refractivity contribution < 1.29 is 14.6 Å². The summed E-state index contributed by atoms with van der Waals surface area (Å²) in [5.74, 6) is -0.249. The van der Waals surface area contributed by atoms with E-state index in [0.717, 1.165) is 0 Å². The highest BCUT2D eigenvalue weighted by Gasteiger charge is 2.20. The predicted octanol–water partition coefficient (Wildman–Crippen LogP) is 1.74. The fraction of sp³-hybridized carbons (Fsp3) is 0.900. The van der Waals surface area contributed by atoms with Gasteiger partial charge in [-0.15, -0.1) is 0 Å². The van der Waals surface area contributed by atoms with Crippen LogP contribution >= 0.6 is 0 Å². The van der Waals surface area contributed by atoms with Gasteiger partial charge in [0, 0.05) is 0 Å². The van der Waals surface area contributed by atoms with Crippen molar-refractivity contribution in [2.24, 2.45) is 5.92 Å². The fourth-order valence-electron chi connectivity index (χ4n) is 0.790. The van der Waals surface area contributed by atoms with Gasteiger partial charge >= 0.3 is 5.97 Å². The highest BCUT2D eigenvalue weighted by molar-refractivity contribution is 5.70. The van der Waals surface area contributed by atoms with Crippen LogP contribution in [0, 0.1) is 5.92 Å². The van der Waals surface area contributed by atoms with Crippen LogP contribution in [0.15, 0.2) is 0 Å². The average Bonchev–Trinajstić information content (AvgIpc) is 1.81. The summed E-state index contributed by atoms with van der Waals surface area (Å²) in [6.07, 6.45) is -0.524. The Bertz CT molecular complexity index is 167. The molecular weight excluding hydrogens is 168 g/mol. The van der Waals surface area contributed by atoms with Crippen LogP contribution in [-0.4, -0.2) is 22.8 Å². The van der Waals surface area contributed by atoms with E-state index in [0.29, 0.717) is 0 Å². The molecule has 3 nitrogen and oxygen atoms in total. The van der Waals surface area contributed by atoms with Crippen molar-refractivity contribution in [1.82, 2.24) is 0 Å². The quantitative estimate of drug-likeness (QED) is 0.686. The maximum Gasteiger partial charge on any atom is 0.308 e. The van der Waals surface area contributed by atoms with Crippen LogP contribution in [-0.2, 0) is 9.53 Å². The molecule has 0 rings (SSSR count). The van der Waals surface area contributed by atoms with Crippen molar-refractivity contribution in [2.45, 2.75) is 52.7 Å². The van der Waals surface area contributed by atoms with Crippen LogP contribution in [0.2, 0.25) is 0 Å². The van der Waals surface area contributed by atoms with Crippen LogP contribution < -0.4 is 0 Å². The van der Waals surface area contributed by atoms with E-state index in [9.17, 15) is 9.90 Å². The number of rotatable bonds is 3. The largest absolute Gasteiger partial charge is 0.460 e. The highest BCUT2D eigenvalue weighted by atomic mass is 16.6. The summed E-state index contributed by atoms with van der Waals surface area (Å²) in [6, 6.07) is 0. The molecule has 0 saturated carbocycles. The van der Waals surface area contributed by atoms with E-state index < -0.39 is 11.7 Å². The molecule has 0 saturated heterocycles. The van der Waals surface area contributed by atoms with Crippen LogP contribution in [0.25, 0.3) is 0 Å². The van der Waals surface area contributed by atoms with Gasteiger partial charge < -0.3 is 9.84 Å². The molecule has 0 aromatic rings. The zero-order valence-electron chi connectivity index (χ0n) is 9.13. The number of ether oxygens (including phenoxy) is 1. The van der Waals surface area contributed by atoms with Gasteiger partial charge in [0.25, 0.3) is 0 Å². The molecule has 0 radical (unpaired) electrons. The van der Waals surface area contributed by atoms with Gasteiger partial charge in [-0.2, -0.15) is 0 Å². The van der Waals surface area contributed by atoms with Gasteiger partial charge in [0.15, 0.2) is 0 Å². The van der Waals surface area contributed by atoms with Crippen LogP contribution in [0.4, 0.5) is 0 Å². The average molecular weight is 188 g/mol. The van der Waals surface area contributed by atoms with E-state index in [-0.39, 0.29) is 18.3 Å². The third-order valence-corrected chi connectivity index (χ3v) is 1.57. The van der Waals surface area contributed by atoms with Crippen molar-refractivity contribution in [1.29, 1.82) is 0 Å². The number of esters is 1. The summed E-state index contributed by atoms with van der Waals surface area (Å²) in [5, 5.41) is 9.39. The normalized spacial score (nSPS) is 14.4. The Morgan fingerprint density at radius 1 is 1.38 bits per heavy atom. The van der Waals surface area contributed by atoms with E-state index in [4.69, 9.17) is 4.74 Å². The minimum atomic E-state index is -0.602. The highest BCUT2D eigenvalue weighted by Crippen LogP contribution is 2.12. The molecule has 0 aromatic carbocycles. The Morgan fingerprint density at radius 2 is 1.85 bits per heavy atom. The molecule has 0 aliphatic carbocycles. The molecule has 0 aliphatic rings. The zero-order valence-corrected chi connectivity index (χ0v) is 9.13. The zero-order chi connectivity index (χ0) is 10.6. The molecule has 3 heteroatoms. The van der Waals surface area contributed by atoms with Crippen molar-refractivity contribution >= 4 is 5.97 Å². The molecule has 0 bridgehead atoms. The lowest BCUT2D eigenvalue weighted by Crippen LogP contribution is -2.28. The number of carbonyl (C=O) groups excluding carboxylic acids is 1. The molecule has 78 valence electrons. The van der Waals surface area contributed by atoms with Gasteiger partial charge in [-0.05, 0) is 26.7 Å². The van der Waals surface area contributed by atoms with E-state index in [1.807, 2.05) is 34.6 Å². The number of aliphatic hydroxyl groups is 1. The van der Waals surface area contributed by atoms with Crippen LogP contribution in [0.1, 0.15) is 41.0 Å². The van der Waals surface area contributed by atoms with E-state index in [1.54, 1.807) is 0 Å². The first-order valence-corrected chi connectivity index (χ1v) is 4.62. The van der Waals surface area contributed by atoms with E-state index >= 15 is 0 Å². The molecule has 0 fully saturated rings. The Balaban J connectivity index is 3.89. The molecule has 0 heterocycles. The first-order valence-electron chi connectivity index (χ1n) is 4.62. The first-order chi connectivity index (χ1) is 5.72. The third kappa shape index (κ3) is 6.58. The van der Waals surface area contributed by atoms with Crippen LogP contribution in [0.3, 0.4) is 0 Å². The van der Waals surface area contributed by atoms with Crippen molar-refractivity contribution in [3.8, 4) is 0 Å². The summed E-state index contributed by atoms with van der Waals surface area (Å²) >= 11 is 0. The molecule has 13 heavy (non-hydrogen) atoms. The second kappa shape index (κ2) is 4.61. The van der Waals surface area contributed by atoms with Gasteiger partial charge in [-0.1, -0.05) is 13.8 Å². The Kier molecular flexibility index (Phi) is 4.40. The minimum absolute atomic E-state index is 0.0783. The maximum atomic E-state index is 11.2. The monoisotopic (exact) mass is 188 g/mol. The molecular formula is C10H20O3. The lowest BCUT2D eigenvalue weighted by molar-refractivity contribution is -0.157. The Morgan fingerprint density at radius 3 is 2.15 bits per heavy atom. The maximum absolute atomic E-state index is 11.2. The van der Waals surface area contributed by atoms with Crippen LogP contribution in [0.5, 0.6) is 0 Å². The SMILES string of the molecule is CC(C)[C@@H](O)CC(=O)OC(C)(C)C. The molecule has 1 atom stereocenters. The van der Waals surface area contributed by atoms with Crippen molar-refractivity contribution in [2.75, 3.05) is 0 Å². The first kappa shape index (κ1) is 12.4. The minimum Gasteiger partial charge on any atom is -0.460 e.